The third-order valence-corrected chi connectivity index (χ3v) is 6.52. The fourth-order valence-electron chi connectivity index (χ4n) is 4.34. The van der Waals surface area contributed by atoms with Gasteiger partial charge in [-0.25, -0.2) is 4.79 Å². The van der Waals surface area contributed by atoms with Crippen LogP contribution in [0.3, 0.4) is 0 Å². The minimum absolute atomic E-state index is 0.0336. The van der Waals surface area contributed by atoms with Gasteiger partial charge in [-0.3, -0.25) is 24.0 Å². The Balaban J connectivity index is 1.83. The molecule has 1 aromatic heterocycles. The van der Waals surface area contributed by atoms with Gasteiger partial charge in [-0.1, -0.05) is 30.3 Å². The molecule has 15 heteroatoms. The van der Waals surface area contributed by atoms with E-state index in [1.165, 1.54) is 24.3 Å². The van der Waals surface area contributed by atoms with Gasteiger partial charge in [0.25, 0.3) is 0 Å². The molecule has 0 fully saturated rings. The van der Waals surface area contributed by atoms with E-state index < -0.39 is 72.5 Å². The predicted molar refractivity (Wildman–Crippen MR) is 153 cm³/mol. The third-order valence-electron chi connectivity index (χ3n) is 6.52. The number of hydrogen-bond donors (Lipinski definition) is 9. The van der Waals surface area contributed by atoms with Gasteiger partial charge in [0.15, 0.2) is 0 Å². The summed E-state index contributed by atoms with van der Waals surface area (Å²) in [4.78, 5) is 77.4. The van der Waals surface area contributed by atoms with Gasteiger partial charge >= 0.3 is 5.97 Å². The lowest BCUT2D eigenvalue weighted by molar-refractivity contribution is -0.142. The Labute approximate surface area is 245 Å². The fourth-order valence-corrected chi connectivity index (χ4v) is 4.34. The van der Waals surface area contributed by atoms with Crippen LogP contribution in [0.2, 0.25) is 0 Å². The van der Waals surface area contributed by atoms with Gasteiger partial charge in [0.2, 0.25) is 29.5 Å². The van der Waals surface area contributed by atoms with Crippen LogP contribution in [0, 0.1) is 0 Å². The fraction of sp³-hybridized carbons (Fsp3) is 0.286. The Morgan fingerprint density at radius 3 is 1.95 bits per heavy atom. The first kappa shape index (κ1) is 32.1. The van der Waals surface area contributed by atoms with E-state index in [4.69, 9.17) is 17.2 Å². The number of fused-ring (bicyclic) bond motifs is 1. The number of rotatable bonds is 15. The quantitative estimate of drug-likeness (QED) is 0.0964. The van der Waals surface area contributed by atoms with Gasteiger partial charge in [-0.2, -0.15) is 0 Å². The monoisotopic (exact) mass is 595 g/mol. The van der Waals surface area contributed by atoms with Crippen molar-refractivity contribution in [1.82, 2.24) is 20.9 Å². The van der Waals surface area contributed by atoms with Gasteiger partial charge in [0, 0.05) is 29.9 Å². The average molecular weight is 596 g/mol. The van der Waals surface area contributed by atoms with Gasteiger partial charge in [0.05, 0.1) is 18.9 Å². The summed E-state index contributed by atoms with van der Waals surface area (Å²) in [6.45, 7) is 0. The summed E-state index contributed by atoms with van der Waals surface area (Å²) in [6, 6.07) is 7.05. The normalized spacial score (nSPS) is 13.7. The summed E-state index contributed by atoms with van der Waals surface area (Å²) in [5.41, 5.74) is 18.1. The van der Waals surface area contributed by atoms with Crippen LogP contribution in [-0.2, 0) is 41.6 Å². The number of carbonyl (C=O) groups is 6. The van der Waals surface area contributed by atoms with Crippen LogP contribution in [0.1, 0.15) is 24.0 Å². The Morgan fingerprint density at radius 2 is 1.33 bits per heavy atom. The number of carboxylic acids is 1. The van der Waals surface area contributed by atoms with Crippen molar-refractivity contribution in [2.24, 2.45) is 17.2 Å². The molecule has 0 saturated carbocycles. The number of para-hydroxylation sites is 1. The summed E-state index contributed by atoms with van der Waals surface area (Å²) >= 11 is 0. The molecule has 4 atom stereocenters. The van der Waals surface area contributed by atoms with Crippen LogP contribution in [0.5, 0.6) is 5.75 Å². The van der Waals surface area contributed by atoms with Gasteiger partial charge < -0.3 is 48.3 Å². The molecule has 0 aliphatic carbocycles. The highest BCUT2D eigenvalue weighted by Gasteiger charge is 2.32. The van der Waals surface area contributed by atoms with E-state index in [0.717, 1.165) is 10.9 Å². The van der Waals surface area contributed by atoms with Crippen LogP contribution < -0.4 is 33.2 Å². The second-order valence-corrected chi connectivity index (χ2v) is 9.90. The zero-order chi connectivity index (χ0) is 31.7. The molecule has 12 N–H and O–H groups in total. The molecule has 5 amide bonds. The molecule has 4 unspecified atom stereocenters. The van der Waals surface area contributed by atoms with E-state index >= 15 is 0 Å². The molecular weight excluding hydrogens is 562 g/mol. The Morgan fingerprint density at radius 1 is 0.744 bits per heavy atom. The van der Waals surface area contributed by atoms with Crippen molar-refractivity contribution in [2.45, 2.75) is 49.9 Å². The SMILES string of the molecule is NC(=O)CC(N)C(=O)NC(Cc1c[nH]c2ccccc12)C(=O)NC(CC(N)=O)C(=O)NC(Cc1ccc(O)cc1)C(=O)O. The van der Waals surface area contributed by atoms with Crippen molar-refractivity contribution in [2.75, 3.05) is 0 Å². The van der Waals surface area contributed by atoms with Crippen LogP contribution in [-0.4, -0.2) is 74.9 Å². The highest BCUT2D eigenvalue weighted by molar-refractivity contribution is 5.97. The van der Waals surface area contributed by atoms with Gasteiger partial charge in [0.1, 0.15) is 23.9 Å². The number of hydrogen-bond acceptors (Lipinski definition) is 8. The topological polar surface area (TPSA) is 273 Å². The number of primary amides is 2. The van der Waals surface area contributed by atoms with E-state index in [1.807, 2.05) is 0 Å². The Kier molecular flexibility index (Phi) is 10.8. The van der Waals surface area contributed by atoms with Gasteiger partial charge in [-0.05, 0) is 29.3 Å². The first-order chi connectivity index (χ1) is 20.3. The Bertz CT molecular complexity index is 1500. The summed E-state index contributed by atoms with van der Waals surface area (Å²) < 4.78 is 0. The van der Waals surface area contributed by atoms with Crippen LogP contribution in [0.15, 0.2) is 54.7 Å². The lowest BCUT2D eigenvalue weighted by Gasteiger charge is -2.24. The van der Waals surface area contributed by atoms with Crippen LogP contribution in [0.25, 0.3) is 10.9 Å². The number of nitrogens with two attached hydrogens (primary N) is 3. The molecule has 0 aliphatic heterocycles. The molecule has 15 nitrogen and oxygen atoms in total. The zero-order valence-electron chi connectivity index (χ0n) is 22.9. The number of carboxylic acid groups (broad SMARTS) is 1. The number of H-pyrrole nitrogens is 1. The summed E-state index contributed by atoms with van der Waals surface area (Å²) in [5.74, 6) is -6.01. The molecule has 3 aromatic rings. The molecule has 3 rings (SSSR count). The van der Waals surface area contributed by atoms with Crippen molar-refractivity contribution in [3.05, 3.63) is 65.9 Å². The standard InChI is InChI=1S/C28H33N7O8/c29-18(11-23(30)37)25(39)33-20(10-15-13-32-19-4-2-1-3-17(15)19)26(40)34-21(12-24(31)38)27(41)35-22(28(42)43)9-14-5-7-16(36)8-6-14/h1-8,13,18,20-22,32,36H,9-12,29H2,(H2,30,37)(H2,31,38)(H,33,39)(H,34,40)(H,35,41)(H,42,43). The summed E-state index contributed by atoms with van der Waals surface area (Å²) in [7, 11) is 0. The van der Waals surface area contributed by atoms with E-state index in [9.17, 15) is 39.0 Å². The number of phenolic OH excluding ortho intramolecular Hbond substituents is 1. The molecule has 0 bridgehead atoms. The summed E-state index contributed by atoms with van der Waals surface area (Å²) in [6.07, 6.45) is 0.203. The van der Waals surface area contributed by atoms with E-state index in [-0.39, 0.29) is 18.6 Å². The smallest absolute Gasteiger partial charge is 0.326 e. The molecule has 0 radical (unpaired) electrons. The number of aliphatic carboxylic acids is 1. The van der Waals surface area contributed by atoms with E-state index in [0.29, 0.717) is 11.1 Å². The van der Waals surface area contributed by atoms with E-state index in [1.54, 1.807) is 30.5 Å². The number of aromatic amines is 1. The number of benzene rings is 2. The minimum atomic E-state index is -1.60. The molecule has 2 aromatic carbocycles. The maximum absolute atomic E-state index is 13.5. The van der Waals surface area contributed by atoms with Crippen molar-refractivity contribution in [1.29, 1.82) is 0 Å². The second kappa shape index (κ2) is 14.5. The zero-order valence-corrected chi connectivity index (χ0v) is 22.9. The number of phenols is 1. The molecule has 43 heavy (non-hydrogen) atoms. The number of amides is 5. The lowest BCUT2D eigenvalue weighted by atomic mass is 10.0. The first-order valence-electron chi connectivity index (χ1n) is 13.1. The van der Waals surface area contributed by atoms with Gasteiger partial charge in [-0.15, -0.1) is 0 Å². The lowest BCUT2D eigenvalue weighted by Crippen LogP contribution is -2.58. The molecule has 228 valence electrons. The third kappa shape index (κ3) is 9.29. The van der Waals surface area contributed by atoms with Crippen molar-refractivity contribution < 1.29 is 39.0 Å². The highest BCUT2D eigenvalue weighted by Crippen LogP contribution is 2.19. The number of carbonyl (C=O) groups excluding carboxylic acids is 5. The van der Waals surface area contributed by atoms with E-state index in [2.05, 4.69) is 20.9 Å². The average Bonchev–Trinajstić information content (AvgIpc) is 3.35. The Hall–Kier alpha value is -5.44. The molecular formula is C28H33N7O8. The first-order valence-corrected chi connectivity index (χ1v) is 13.1. The van der Waals surface area contributed by atoms with Crippen LogP contribution >= 0.6 is 0 Å². The largest absolute Gasteiger partial charge is 0.508 e. The molecule has 0 aliphatic rings. The summed E-state index contributed by atoms with van der Waals surface area (Å²) in [5, 5.41) is 27.0. The highest BCUT2D eigenvalue weighted by atomic mass is 16.4. The maximum Gasteiger partial charge on any atom is 0.326 e. The van der Waals surface area contributed by atoms with Crippen molar-refractivity contribution in [3.8, 4) is 5.75 Å². The van der Waals surface area contributed by atoms with Crippen molar-refractivity contribution >= 4 is 46.4 Å². The predicted octanol–water partition coefficient (Wildman–Crippen LogP) is -1.72. The number of aromatic hydroxyl groups is 1. The number of nitrogens with one attached hydrogen (secondary N) is 4. The van der Waals surface area contributed by atoms with Crippen molar-refractivity contribution in [3.63, 3.8) is 0 Å². The molecule has 1 heterocycles. The van der Waals surface area contributed by atoms with Crippen LogP contribution in [0.4, 0.5) is 0 Å². The molecule has 0 saturated heterocycles. The maximum atomic E-state index is 13.5. The number of aromatic nitrogens is 1. The molecule has 0 spiro atoms. The second-order valence-electron chi connectivity index (χ2n) is 9.90. The minimum Gasteiger partial charge on any atom is -0.508 e.